The van der Waals surface area contributed by atoms with Gasteiger partial charge in [-0.2, -0.15) is 5.10 Å². The average Bonchev–Trinajstić information content (AvgIpc) is 3.53. The Morgan fingerprint density at radius 3 is 2.54 bits per heavy atom. The van der Waals surface area contributed by atoms with Crippen LogP contribution in [0.15, 0.2) is 60.9 Å². The van der Waals surface area contributed by atoms with Crippen molar-refractivity contribution in [3.05, 3.63) is 83.7 Å². The minimum absolute atomic E-state index is 0.0763. The number of anilines is 1. The highest BCUT2D eigenvalue weighted by Crippen LogP contribution is 2.24. The predicted octanol–water partition coefficient (Wildman–Crippen LogP) is 4.08. The monoisotopic (exact) mass is 497 g/mol. The number of para-hydroxylation sites is 1. The van der Waals surface area contributed by atoms with Gasteiger partial charge in [0.2, 0.25) is 5.91 Å². The van der Waals surface area contributed by atoms with Crippen LogP contribution in [0, 0.1) is 19.7 Å². The van der Waals surface area contributed by atoms with Crippen LogP contribution in [0.2, 0.25) is 0 Å². The number of hydrogen-bond donors (Lipinski definition) is 0. The van der Waals surface area contributed by atoms with Gasteiger partial charge >= 0.3 is 0 Å². The number of hydrogen-bond acceptors (Lipinski definition) is 5. The van der Waals surface area contributed by atoms with E-state index in [2.05, 4.69) is 42.2 Å². The van der Waals surface area contributed by atoms with Gasteiger partial charge in [0.25, 0.3) is 0 Å². The number of carbonyl (C=O) groups excluding carboxylic acids is 1. The van der Waals surface area contributed by atoms with Crippen LogP contribution in [0.3, 0.4) is 0 Å². The van der Waals surface area contributed by atoms with E-state index < -0.39 is 0 Å². The topological polar surface area (TPSA) is 71.0 Å². The smallest absolute Gasteiger partial charge is 0.223 e. The average molecular weight is 498 g/mol. The van der Waals surface area contributed by atoms with E-state index in [4.69, 9.17) is 5.10 Å². The molecule has 1 saturated heterocycles. The molecule has 37 heavy (non-hydrogen) atoms. The molecular weight excluding hydrogens is 469 g/mol. The summed E-state index contributed by atoms with van der Waals surface area (Å²) in [6, 6.07) is 15.1. The molecule has 0 N–H and O–H groups in total. The van der Waals surface area contributed by atoms with Gasteiger partial charge in [-0.15, -0.1) is 10.2 Å². The summed E-state index contributed by atoms with van der Waals surface area (Å²) in [6.45, 7) is 6.57. The van der Waals surface area contributed by atoms with Crippen LogP contribution in [0.5, 0.6) is 0 Å². The molecule has 1 aliphatic heterocycles. The number of aryl methyl sites for hydroxylation is 3. The van der Waals surface area contributed by atoms with Crippen LogP contribution in [0.1, 0.15) is 23.4 Å². The second kappa shape index (κ2) is 9.31. The number of halogens is 1. The third kappa shape index (κ3) is 4.30. The van der Waals surface area contributed by atoms with Gasteiger partial charge in [0.1, 0.15) is 17.2 Å². The molecule has 0 spiro atoms. The summed E-state index contributed by atoms with van der Waals surface area (Å²) in [6.07, 6.45) is 4.62. The van der Waals surface area contributed by atoms with E-state index in [1.54, 1.807) is 12.1 Å². The van der Waals surface area contributed by atoms with Crippen LogP contribution in [0.4, 0.5) is 10.1 Å². The minimum Gasteiger partial charge on any atom is -0.366 e. The fraction of sp³-hybridized carbons (Fsp3) is 0.286. The number of carbonyl (C=O) groups is 1. The molecule has 2 aromatic carbocycles. The maximum atomic E-state index is 14.1. The summed E-state index contributed by atoms with van der Waals surface area (Å²) in [5, 5.41) is 13.5. The maximum Gasteiger partial charge on any atom is 0.223 e. The van der Waals surface area contributed by atoms with E-state index in [0.29, 0.717) is 50.4 Å². The molecule has 0 bridgehead atoms. The summed E-state index contributed by atoms with van der Waals surface area (Å²) < 4.78 is 17.9. The summed E-state index contributed by atoms with van der Waals surface area (Å²) in [5.41, 5.74) is 6.59. The molecule has 6 rings (SSSR count). The molecule has 0 saturated carbocycles. The molecule has 4 heterocycles. The van der Waals surface area contributed by atoms with Crippen LogP contribution >= 0.6 is 0 Å². The summed E-state index contributed by atoms with van der Waals surface area (Å²) in [7, 11) is 0. The number of amides is 1. The van der Waals surface area contributed by atoms with Crippen molar-refractivity contribution in [1.82, 2.24) is 29.1 Å². The van der Waals surface area contributed by atoms with E-state index in [1.807, 2.05) is 43.2 Å². The molecule has 3 aromatic heterocycles. The van der Waals surface area contributed by atoms with Gasteiger partial charge in [-0.1, -0.05) is 24.3 Å². The molecule has 0 aliphatic carbocycles. The highest BCUT2D eigenvalue weighted by Gasteiger charge is 2.23. The van der Waals surface area contributed by atoms with Gasteiger partial charge in [0, 0.05) is 57.0 Å². The number of rotatable bonds is 5. The summed E-state index contributed by atoms with van der Waals surface area (Å²) >= 11 is 0. The van der Waals surface area contributed by atoms with Crippen molar-refractivity contribution in [2.45, 2.75) is 26.7 Å². The van der Waals surface area contributed by atoms with Crippen LogP contribution in [-0.2, 0) is 11.2 Å². The molecule has 0 atom stereocenters. The minimum atomic E-state index is -0.227. The molecule has 1 aliphatic rings. The first-order chi connectivity index (χ1) is 18.0. The highest BCUT2D eigenvalue weighted by atomic mass is 19.1. The van der Waals surface area contributed by atoms with Gasteiger partial charge in [-0.3, -0.25) is 9.20 Å². The molecule has 9 heteroatoms. The Morgan fingerprint density at radius 2 is 1.76 bits per heavy atom. The van der Waals surface area contributed by atoms with Crippen molar-refractivity contribution < 1.29 is 9.18 Å². The number of nitrogens with zero attached hydrogens (tertiary/aromatic N) is 7. The highest BCUT2D eigenvalue weighted by molar-refractivity contribution is 5.78. The number of benzene rings is 2. The largest absolute Gasteiger partial charge is 0.366 e. The molecule has 1 amide bonds. The van der Waals surface area contributed by atoms with E-state index >= 15 is 0 Å². The Bertz CT molecular complexity index is 1610. The van der Waals surface area contributed by atoms with Crippen molar-refractivity contribution in [2.75, 3.05) is 31.1 Å². The number of aromatic nitrogens is 5. The first-order valence-corrected chi connectivity index (χ1v) is 12.5. The lowest BCUT2D eigenvalue weighted by atomic mass is 10.0. The SMILES string of the molecule is Cc1ccc(-c2cc3c4nnc(CCC(=O)N5CCN(c6ccccc6F)CC5)n4ccn3n2)cc1C. The van der Waals surface area contributed by atoms with Gasteiger partial charge in [0.15, 0.2) is 5.65 Å². The third-order valence-electron chi connectivity index (χ3n) is 7.28. The molecular formula is C28H28FN7O. The first-order valence-electron chi connectivity index (χ1n) is 12.5. The van der Waals surface area contributed by atoms with E-state index in [1.165, 1.54) is 17.2 Å². The molecule has 0 unspecified atom stereocenters. The molecule has 188 valence electrons. The lowest BCUT2D eigenvalue weighted by molar-refractivity contribution is -0.131. The molecule has 8 nitrogen and oxygen atoms in total. The third-order valence-corrected chi connectivity index (χ3v) is 7.28. The van der Waals surface area contributed by atoms with Crippen LogP contribution in [-0.4, -0.2) is 61.2 Å². The van der Waals surface area contributed by atoms with Gasteiger partial charge < -0.3 is 9.80 Å². The lowest BCUT2D eigenvalue weighted by Crippen LogP contribution is -2.49. The molecule has 0 radical (unpaired) electrons. The van der Waals surface area contributed by atoms with Crippen molar-refractivity contribution in [3.63, 3.8) is 0 Å². The van der Waals surface area contributed by atoms with E-state index in [0.717, 1.165) is 22.6 Å². The Labute approximate surface area is 214 Å². The van der Waals surface area contributed by atoms with E-state index in [-0.39, 0.29) is 11.7 Å². The van der Waals surface area contributed by atoms with Crippen molar-refractivity contribution in [2.24, 2.45) is 0 Å². The fourth-order valence-corrected chi connectivity index (χ4v) is 4.95. The number of piperazine rings is 1. The maximum absolute atomic E-state index is 14.1. The van der Waals surface area contributed by atoms with E-state index in [9.17, 15) is 9.18 Å². The fourth-order valence-electron chi connectivity index (χ4n) is 4.95. The zero-order valence-corrected chi connectivity index (χ0v) is 20.9. The second-order valence-corrected chi connectivity index (χ2v) is 9.59. The van der Waals surface area contributed by atoms with Crippen LogP contribution < -0.4 is 4.90 Å². The van der Waals surface area contributed by atoms with Crippen LogP contribution in [0.25, 0.3) is 22.4 Å². The zero-order valence-electron chi connectivity index (χ0n) is 20.9. The second-order valence-electron chi connectivity index (χ2n) is 9.59. The quantitative estimate of drug-likeness (QED) is 0.366. The number of fused-ring (bicyclic) bond motifs is 3. The Morgan fingerprint density at radius 1 is 0.946 bits per heavy atom. The predicted molar refractivity (Wildman–Crippen MR) is 140 cm³/mol. The zero-order chi connectivity index (χ0) is 25.5. The molecule has 5 aromatic rings. The van der Waals surface area contributed by atoms with Crippen molar-refractivity contribution in [1.29, 1.82) is 0 Å². The first kappa shape index (κ1) is 23.1. The standard InChI is InChI=1S/C28H28FN7O/c1-19-7-8-21(17-20(19)2)23-18-25-28-31-30-26(35(28)15-16-36(25)32-23)9-10-27(37)34-13-11-33(12-14-34)24-6-4-3-5-22(24)29/h3-8,15-18H,9-14H2,1-2H3. The molecule has 1 fully saturated rings. The van der Waals surface area contributed by atoms with Gasteiger partial charge in [-0.25, -0.2) is 8.91 Å². The van der Waals surface area contributed by atoms with Crippen molar-refractivity contribution in [3.8, 4) is 11.3 Å². The lowest BCUT2D eigenvalue weighted by Gasteiger charge is -2.36. The normalized spacial score (nSPS) is 14.1. The Hall–Kier alpha value is -4.27. The summed E-state index contributed by atoms with van der Waals surface area (Å²) in [4.78, 5) is 16.8. The Kier molecular flexibility index (Phi) is 5.82. The Balaban J connectivity index is 1.14. The van der Waals surface area contributed by atoms with Gasteiger partial charge in [0.05, 0.1) is 11.4 Å². The van der Waals surface area contributed by atoms with Gasteiger partial charge in [-0.05, 0) is 49.2 Å². The summed E-state index contributed by atoms with van der Waals surface area (Å²) in [5.74, 6) is 0.589. The van der Waals surface area contributed by atoms with Crippen molar-refractivity contribution >= 4 is 22.8 Å².